The van der Waals surface area contributed by atoms with Crippen LogP contribution in [0, 0.1) is 6.92 Å². The molecule has 2 aromatic rings. The maximum atomic E-state index is 12.1. The molecule has 0 unspecified atom stereocenters. The van der Waals surface area contributed by atoms with E-state index in [1.54, 1.807) is 13.0 Å². The third-order valence-corrected chi connectivity index (χ3v) is 3.47. The lowest BCUT2D eigenvalue weighted by molar-refractivity contribution is 0.0902. The van der Waals surface area contributed by atoms with E-state index in [0.717, 1.165) is 17.7 Å². The average molecular weight is 302 g/mol. The van der Waals surface area contributed by atoms with Crippen LogP contribution in [-0.2, 0) is 0 Å². The van der Waals surface area contributed by atoms with Crippen LogP contribution in [0.2, 0.25) is 0 Å². The fourth-order valence-electron chi connectivity index (χ4n) is 2.27. The summed E-state index contributed by atoms with van der Waals surface area (Å²) in [5.74, 6) is 1.37. The maximum Gasteiger partial charge on any atom is 0.290 e. The average Bonchev–Trinajstić information content (AvgIpc) is 2.81. The molecule has 1 N–H and O–H groups in total. The van der Waals surface area contributed by atoms with Gasteiger partial charge in [0.05, 0.1) is 24.9 Å². The lowest BCUT2D eigenvalue weighted by Gasteiger charge is -2.15. The molecule has 1 atom stereocenters. The van der Waals surface area contributed by atoms with Gasteiger partial charge in [0, 0.05) is 12.5 Å². The second kappa shape index (κ2) is 6.09. The zero-order valence-electron chi connectivity index (χ0n) is 12.6. The van der Waals surface area contributed by atoms with Crippen LogP contribution in [0.15, 0.2) is 28.8 Å². The summed E-state index contributed by atoms with van der Waals surface area (Å²) in [4.78, 5) is 12.1. The largest absolute Gasteiger partial charge is 0.490 e. The topological polar surface area (TPSA) is 73.6 Å². The summed E-state index contributed by atoms with van der Waals surface area (Å²) < 4.78 is 16.2. The van der Waals surface area contributed by atoms with Gasteiger partial charge in [0.15, 0.2) is 11.5 Å². The Morgan fingerprint density at radius 3 is 2.73 bits per heavy atom. The molecule has 2 heterocycles. The summed E-state index contributed by atoms with van der Waals surface area (Å²) in [6, 6.07) is 7.12. The number of carbonyl (C=O) groups is 1. The predicted octanol–water partition coefficient (Wildman–Crippen LogP) is 2.64. The number of carbonyl (C=O) groups excluding carboxylic acids is 1. The molecular weight excluding hydrogens is 284 g/mol. The first kappa shape index (κ1) is 14.4. The van der Waals surface area contributed by atoms with Gasteiger partial charge in [-0.3, -0.25) is 4.79 Å². The van der Waals surface area contributed by atoms with Crippen LogP contribution in [0.25, 0.3) is 0 Å². The quantitative estimate of drug-likeness (QED) is 0.943. The van der Waals surface area contributed by atoms with Crippen LogP contribution in [0.1, 0.15) is 41.2 Å². The van der Waals surface area contributed by atoms with E-state index >= 15 is 0 Å². The van der Waals surface area contributed by atoms with E-state index in [-0.39, 0.29) is 17.7 Å². The molecule has 0 saturated carbocycles. The van der Waals surface area contributed by atoms with Gasteiger partial charge >= 0.3 is 0 Å². The normalized spacial score (nSPS) is 15.0. The first-order chi connectivity index (χ1) is 10.6. The Labute approximate surface area is 128 Å². The summed E-state index contributed by atoms with van der Waals surface area (Å²) in [6.07, 6.45) is 0.862. The molecule has 6 nitrogen and oxygen atoms in total. The number of amides is 1. The number of hydrogen-bond acceptors (Lipinski definition) is 5. The van der Waals surface area contributed by atoms with Gasteiger partial charge in [-0.25, -0.2) is 0 Å². The molecule has 0 radical (unpaired) electrons. The van der Waals surface area contributed by atoms with E-state index in [1.807, 2.05) is 25.1 Å². The molecule has 1 aromatic carbocycles. The fraction of sp³-hybridized carbons (Fsp3) is 0.375. The number of nitrogens with one attached hydrogen (secondary N) is 1. The van der Waals surface area contributed by atoms with Crippen molar-refractivity contribution in [2.45, 2.75) is 26.3 Å². The van der Waals surface area contributed by atoms with Crippen LogP contribution < -0.4 is 14.8 Å². The molecule has 0 spiro atoms. The summed E-state index contributed by atoms with van der Waals surface area (Å²) in [5, 5.41) is 6.59. The fourth-order valence-corrected chi connectivity index (χ4v) is 2.27. The van der Waals surface area contributed by atoms with Gasteiger partial charge < -0.3 is 19.3 Å². The smallest absolute Gasteiger partial charge is 0.290 e. The number of benzene rings is 1. The van der Waals surface area contributed by atoms with E-state index in [4.69, 9.17) is 14.0 Å². The minimum atomic E-state index is -0.291. The third-order valence-electron chi connectivity index (χ3n) is 3.47. The van der Waals surface area contributed by atoms with Gasteiger partial charge in [0.25, 0.3) is 5.91 Å². The Hall–Kier alpha value is -2.50. The van der Waals surface area contributed by atoms with Crippen molar-refractivity contribution >= 4 is 5.91 Å². The zero-order chi connectivity index (χ0) is 15.5. The molecule has 6 heteroatoms. The van der Waals surface area contributed by atoms with Crippen molar-refractivity contribution in [3.8, 4) is 11.5 Å². The van der Waals surface area contributed by atoms with E-state index in [2.05, 4.69) is 10.5 Å². The Morgan fingerprint density at radius 2 is 2.00 bits per heavy atom. The van der Waals surface area contributed by atoms with Gasteiger partial charge in [-0.05, 0) is 31.5 Å². The van der Waals surface area contributed by atoms with Crippen LogP contribution in [-0.4, -0.2) is 24.3 Å². The molecule has 1 aliphatic heterocycles. The molecule has 1 aromatic heterocycles. The Bertz CT molecular complexity index is 681. The first-order valence-corrected chi connectivity index (χ1v) is 7.27. The lowest BCUT2D eigenvalue weighted by Crippen LogP contribution is -2.26. The molecule has 1 amide bonds. The minimum Gasteiger partial charge on any atom is -0.490 e. The van der Waals surface area contributed by atoms with E-state index < -0.39 is 0 Å². The molecule has 116 valence electrons. The lowest BCUT2D eigenvalue weighted by atomic mass is 10.1. The van der Waals surface area contributed by atoms with Gasteiger partial charge in [-0.1, -0.05) is 11.2 Å². The molecule has 0 bridgehead atoms. The number of ether oxygens (including phenoxy) is 2. The summed E-state index contributed by atoms with van der Waals surface area (Å²) >= 11 is 0. The van der Waals surface area contributed by atoms with E-state index in [0.29, 0.717) is 24.7 Å². The number of rotatable bonds is 3. The number of aryl methyl sites for hydroxylation is 1. The number of hydrogen-bond donors (Lipinski definition) is 1. The van der Waals surface area contributed by atoms with Gasteiger partial charge in [0.2, 0.25) is 5.76 Å². The van der Waals surface area contributed by atoms with Crippen LogP contribution in [0.5, 0.6) is 11.5 Å². The highest BCUT2D eigenvalue weighted by Gasteiger charge is 2.17. The van der Waals surface area contributed by atoms with Gasteiger partial charge in [-0.15, -0.1) is 0 Å². The molecule has 0 aliphatic carbocycles. The molecular formula is C16H18N2O4. The third kappa shape index (κ3) is 3.05. The Morgan fingerprint density at radius 1 is 1.23 bits per heavy atom. The van der Waals surface area contributed by atoms with Gasteiger partial charge in [-0.2, -0.15) is 0 Å². The monoisotopic (exact) mass is 302 g/mol. The van der Waals surface area contributed by atoms with Crippen molar-refractivity contribution in [2.24, 2.45) is 0 Å². The Balaban J connectivity index is 1.73. The maximum absolute atomic E-state index is 12.1. The van der Waals surface area contributed by atoms with Crippen molar-refractivity contribution in [2.75, 3.05) is 13.2 Å². The number of aromatic nitrogens is 1. The standard InChI is InChI=1S/C16H18N2O4/c1-10-8-15(22-18-10)16(19)17-11(2)12-4-5-13-14(9-12)21-7-3-6-20-13/h4-5,8-9,11H,3,6-7H2,1-2H3,(H,17,19)/t11-/m0/s1. The van der Waals surface area contributed by atoms with Crippen LogP contribution in [0.4, 0.5) is 0 Å². The van der Waals surface area contributed by atoms with Crippen LogP contribution in [0.3, 0.4) is 0 Å². The van der Waals surface area contributed by atoms with Crippen molar-refractivity contribution < 1.29 is 18.8 Å². The summed E-state index contributed by atoms with van der Waals surface area (Å²) in [5.41, 5.74) is 1.61. The van der Waals surface area contributed by atoms with Crippen molar-refractivity contribution in [3.63, 3.8) is 0 Å². The summed E-state index contributed by atoms with van der Waals surface area (Å²) in [6.45, 7) is 4.96. The Kier molecular flexibility index (Phi) is 4.00. The second-order valence-corrected chi connectivity index (χ2v) is 5.28. The van der Waals surface area contributed by atoms with E-state index in [1.165, 1.54) is 0 Å². The molecule has 3 rings (SSSR count). The second-order valence-electron chi connectivity index (χ2n) is 5.28. The predicted molar refractivity (Wildman–Crippen MR) is 79.2 cm³/mol. The number of nitrogens with zero attached hydrogens (tertiary/aromatic N) is 1. The van der Waals surface area contributed by atoms with E-state index in [9.17, 15) is 4.79 Å². The van der Waals surface area contributed by atoms with Crippen molar-refractivity contribution in [3.05, 3.63) is 41.3 Å². The molecule has 22 heavy (non-hydrogen) atoms. The SMILES string of the molecule is Cc1cc(C(=O)N[C@@H](C)c2ccc3c(c2)OCCCO3)on1. The van der Waals surface area contributed by atoms with Crippen molar-refractivity contribution in [1.29, 1.82) is 0 Å². The highest BCUT2D eigenvalue weighted by Crippen LogP contribution is 2.32. The summed E-state index contributed by atoms with van der Waals surface area (Å²) in [7, 11) is 0. The molecule has 0 fully saturated rings. The molecule has 0 saturated heterocycles. The van der Waals surface area contributed by atoms with Crippen molar-refractivity contribution in [1.82, 2.24) is 10.5 Å². The zero-order valence-corrected chi connectivity index (χ0v) is 12.6. The van der Waals surface area contributed by atoms with Crippen LogP contribution >= 0.6 is 0 Å². The minimum absolute atomic E-state index is 0.185. The first-order valence-electron chi connectivity index (χ1n) is 7.27. The molecule has 1 aliphatic rings. The van der Waals surface area contributed by atoms with Gasteiger partial charge in [0.1, 0.15) is 0 Å². The number of fused-ring (bicyclic) bond motifs is 1. The highest BCUT2D eigenvalue weighted by atomic mass is 16.5. The highest BCUT2D eigenvalue weighted by molar-refractivity contribution is 5.91.